The van der Waals surface area contributed by atoms with Crippen LogP contribution in [0.2, 0.25) is 0 Å². The van der Waals surface area contributed by atoms with E-state index in [4.69, 9.17) is 0 Å². The Morgan fingerprint density at radius 1 is 1.31 bits per heavy atom. The summed E-state index contributed by atoms with van der Waals surface area (Å²) in [6.45, 7) is 7.64. The van der Waals surface area contributed by atoms with Gasteiger partial charge in [0.15, 0.2) is 5.96 Å². The molecule has 0 spiro atoms. The Morgan fingerprint density at radius 2 is 2.04 bits per heavy atom. The molecule has 1 aromatic carbocycles. The lowest BCUT2D eigenvalue weighted by Gasteiger charge is -2.26. The van der Waals surface area contributed by atoms with Crippen molar-refractivity contribution in [2.45, 2.75) is 63.8 Å². The maximum Gasteiger partial charge on any atom is 0.191 e. The fraction of sp³-hybridized carbons (Fsp3) is 0.667. The third-order valence-electron chi connectivity index (χ3n) is 5.88. The monoisotopic (exact) mass is 357 g/mol. The quantitative estimate of drug-likeness (QED) is 0.580. The number of aliphatic imine (C=N–C) groups is 1. The van der Waals surface area contributed by atoms with Crippen molar-refractivity contribution in [1.82, 2.24) is 20.4 Å². The minimum absolute atomic E-state index is 0.455. The van der Waals surface area contributed by atoms with Crippen LogP contribution in [0.3, 0.4) is 0 Å². The van der Waals surface area contributed by atoms with Crippen LogP contribution < -0.4 is 10.6 Å². The highest BCUT2D eigenvalue weighted by Crippen LogP contribution is 2.26. The van der Waals surface area contributed by atoms with Gasteiger partial charge in [0.1, 0.15) is 0 Å². The number of nitrogens with one attached hydrogen (secondary N) is 2. The van der Waals surface area contributed by atoms with Crippen molar-refractivity contribution in [3.8, 4) is 0 Å². The van der Waals surface area contributed by atoms with Gasteiger partial charge >= 0.3 is 0 Å². The minimum atomic E-state index is 0.455. The lowest BCUT2D eigenvalue weighted by atomic mass is 10.2. The van der Waals surface area contributed by atoms with E-state index >= 15 is 0 Å². The highest BCUT2D eigenvalue weighted by Gasteiger charge is 2.30. The maximum absolute atomic E-state index is 4.43. The highest BCUT2D eigenvalue weighted by atomic mass is 15.3. The lowest BCUT2D eigenvalue weighted by molar-refractivity contribution is 0.247. The zero-order chi connectivity index (χ0) is 18.5. The van der Waals surface area contributed by atoms with Gasteiger partial charge in [-0.1, -0.05) is 30.3 Å². The number of benzene rings is 1. The fourth-order valence-corrected chi connectivity index (χ4v) is 3.86. The first-order valence-corrected chi connectivity index (χ1v) is 10.0. The molecule has 1 aliphatic heterocycles. The van der Waals surface area contributed by atoms with Crippen LogP contribution in [0.15, 0.2) is 35.3 Å². The molecule has 1 aliphatic carbocycles. The Hall–Kier alpha value is -1.59. The van der Waals surface area contributed by atoms with Crippen LogP contribution in [0.1, 0.15) is 38.7 Å². The van der Waals surface area contributed by atoms with Gasteiger partial charge in [-0.2, -0.15) is 0 Å². The van der Waals surface area contributed by atoms with E-state index in [9.17, 15) is 0 Å². The summed E-state index contributed by atoms with van der Waals surface area (Å²) in [5.74, 6) is 0.930. The maximum atomic E-state index is 4.43. The van der Waals surface area contributed by atoms with Crippen molar-refractivity contribution in [2.24, 2.45) is 4.99 Å². The Kier molecular flexibility index (Phi) is 6.54. The van der Waals surface area contributed by atoms with E-state index < -0.39 is 0 Å². The van der Waals surface area contributed by atoms with E-state index in [0.717, 1.165) is 38.1 Å². The second kappa shape index (κ2) is 8.87. The van der Waals surface area contributed by atoms with Crippen LogP contribution >= 0.6 is 0 Å². The first-order chi connectivity index (χ1) is 12.6. The molecule has 5 heteroatoms. The molecule has 0 radical (unpaired) electrons. The molecule has 0 bridgehead atoms. The number of guanidine groups is 1. The molecule has 1 saturated heterocycles. The number of likely N-dealkylation sites (tertiary alicyclic amines) is 1. The molecule has 1 aromatic rings. The summed E-state index contributed by atoms with van der Waals surface area (Å²) in [6.07, 6.45) is 3.86. The van der Waals surface area contributed by atoms with Crippen LogP contribution in [-0.2, 0) is 6.54 Å². The smallest absolute Gasteiger partial charge is 0.191 e. The molecule has 3 unspecified atom stereocenters. The standard InChI is InChI=1S/C21H35N5/c1-16-12-19(15-26(16)14-18-8-6-5-7-9-18)24-21(22-3)23-13-17(2)25(4)20-10-11-20/h5-9,16-17,19-20H,10-15H2,1-4H3,(H2,22,23,24). The van der Waals surface area contributed by atoms with E-state index in [-0.39, 0.29) is 0 Å². The van der Waals surface area contributed by atoms with Gasteiger partial charge in [-0.15, -0.1) is 0 Å². The molecule has 3 atom stereocenters. The molecule has 1 saturated carbocycles. The number of rotatable bonds is 7. The Morgan fingerprint density at radius 3 is 2.69 bits per heavy atom. The topological polar surface area (TPSA) is 42.9 Å². The fourth-order valence-electron chi connectivity index (χ4n) is 3.86. The molecule has 1 heterocycles. The second-order valence-corrected chi connectivity index (χ2v) is 8.04. The van der Waals surface area contributed by atoms with E-state index in [1.54, 1.807) is 0 Å². The van der Waals surface area contributed by atoms with Gasteiger partial charge in [0, 0.05) is 50.8 Å². The average molecular weight is 358 g/mol. The summed E-state index contributed by atoms with van der Waals surface area (Å²) in [6, 6.07) is 13.1. The summed E-state index contributed by atoms with van der Waals surface area (Å²) in [4.78, 5) is 9.48. The Labute approximate surface area is 158 Å². The van der Waals surface area contributed by atoms with Crippen molar-refractivity contribution in [3.05, 3.63) is 35.9 Å². The first-order valence-electron chi connectivity index (χ1n) is 10.0. The molecule has 5 nitrogen and oxygen atoms in total. The predicted molar refractivity (Wildman–Crippen MR) is 109 cm³/mol. The van der Waals surface area contributed by atoms with Gasteiger partial charge in [0.05, 0.1) is 0 Å². The molecule has 2 aliphatic rings. The summed E-state index contributed by atoms with van der Waals surface area (Å²) in [5.41, 5.74) is 1.39. The van der Waals surface area contributed by atoms with Crippen molar-refractivity contribution >= 4 is 5.96 Å². The van der Waals surface area contributed by atoms with Crippen LogP contribution in [0.5, 0.6) is 0 Å². The molecule has 2 fully saturated rings. The van der Waals surface area contributed by atoms with Gasteiger partial charge in [-0.3, -0.25) is 14.8 Å². The summed E-state index contributed by atoms with van der Waals surface area (Å²) < 4.78 is 0. The first kappa shape index (κ1) is 19.2. The molecular weight excluding hydrogens is 322 g/mol. The van der Waals surface area contributed by atoms with E-state index in [2.05, 4.69) is 76.7 Å². The van der Waals surface area contributed by atoms with Crippen molar-refractivity contribution in [3.63, 3.8) is 0 Å². The number of likely N-dealkylation sites (N-methyl/N-ethyl adjacent to an activating group) is 1. The zero-order valence-corrected chi connectivity index (χ0v) is 16.8. The highest BCUT2D eigenvalue weighted by molar-refractivity contribution is 5.80. The SMILES string of the molecule is CN=C(NCC(C)N(C)C1CC1)NC1CC(C)N(Cc2ccccc2)C1. The lowest BCUT2D eigenvalue weighted by Crippen LogP contribution is -2.48. The van der Waals surface area contributed by atoms with Crippen molar-refractivity contribution in [1.29, 1.82) is 0 Å². The van der Waals surface area contributed by atoms with Crippen LogP contribution in [0.4, 0.5) is 0 Å². The zero-order valence-electron chi connectivity index (χ0n) is 16.8. The Bertz CT molecular complexity index is 583. The van der Waals surface area contributed by atoms with E-state index in [1.165, 1.54) is 18.4 Å². The molecule has 2 N–H and O–H groups in total. The molecule has 144 valence electrons. The molecule has 3 rings (SSSR count). The predicted octanol–water partition coefficient (Wildman–Crippen LogP) is 2.30. The third-order valence-corrected chi connectivity index (χ3v) is 5.88. The van der Waals surface area contributed by atoms with Gasteiger partial charge in [-0.05, 0) is 45.7 Å². The molecule has 0 amide bonds. The average Bonchev–Trinajstić information content (AvgIpc) is 3.44. The summed E-state index contributed by atoms with van der Waals surface area (Å²) in [5, 5.41) is 7.15. The van der Waals surface area contributed by atoms with Gasteiger partial charge < -0.3 is 10.6 Å². The number of hydrogen-bond acceptors (Lipinski definition) is 3. The van der Waals surface area contributed by atoms with Crippen LogP contribution in [0, 0.1) is 0 Å². The normalized spacial score (nSPS) is 25.5. The van der Waals surface area contributed by atoms with Gasteiger partial charge in [0.25, 0.3) is 0 Å². The summed E-state index contributed by atoms with van der Waals surface area (Å²) >= 11 is 0. The minimum Gasteiger partial charge on any atom is -0.355 e. The summed E-state index contributed by atoms with van der Waals surface area (Å²) in [7, 11) is 4.10. The Balaban J connectivity index is 1.45. The third kappa shape index (κ3) is 5.21. The second-order valence-electron chi connectivity index (χ2n) is 8.04. The van der Waals surface area contributed by atoms with Crippen molar-refractivity contribution in [2.75, 3.05) is 27.2 Å². The molecular formula is C21H35N5. The van der Waals surface area contributed by atoms with Gasteiger partial charge in [0.2, 0.25) is 0 Å². The van der Waals surface area contributed by atoms with Gasteiger partial charge in [-0.25, -0.2) is 0 Å². The van der Waals surface area contributed by atoms with Crippen molar-refractivity contribution < 1.29 is 0 Å². The molecule has 26 heavy (non-hydrogen) atoms. The van der Waals surface area contributed by atoms with E-state index in [1.807, 2.05) is 7.05 Å². The number of nitrogens with zero attached hydrogens (tertiary/aromatic N) is 3. The van der Waals surface area contributed by atoms with Crippen LogP contribution in [-0.4, -0.2) is 67.1 Å². The van der Waals surface area contributed by atoms with Crippen LogP contribution in [0.25, 0.3) is 0 Å². The molecule has 0 aromatic heterocycles. The largest absolute Gasteiger partial charge is 0.355 e. The number of hydrogen-bond donors (Lipinski definition) is 2. The van der Waals surface area contributed by atoms with E-state index in [0.29, 0.717) is 18.1 Å².